The molecule has 0 amide bonds. The lowest BCUT2D eigenvalue weighted by Crippen LogP contribution is -2.58. The summed E-state index contributed by atoms with van der Waals surface area (Å²) in [6, 6.07) is 14.0. The van der Waals surface area contributed by atoms with Crippen LogP contribution in [0.3, 0.4) is 0 Å². The average Bonchev–Trinajstić information content (AvgIpc) is 3.62. The molecule has 2 aromatic rings. The molecule has 2 fully saturated rings. The van der Waals surface area contributed by atoms with Crippen molar-refractivity contribution >= 4 is 15.8 Å². The molecule has 2 aliphatic rings. The highest BCUT2D eigenvalue weighted by molar-refractivity contribution is 7.89. The summed E-state index contributed by atoms with van der Waals surface area (Å²) >= 11 is 0. The highest BCUT2D eigenvalue weighted by atomic mass is 32.2. The number of sulfonamides is 1. The minimum absolute atomic E-state index is 0.211. The second-order valence-electron chi connectivity index (χ2n) is 9.66. The molecule has 0 bridgehead atoms. The molecule has 0 atom stereocenters. The first-order chi connectivity index (χ1) is 16.9. The number of quaternary nitrogens is 1. The third-order valence-corrected chi connectivity index (χ3v) is 8.24. The number of benzene rings is 2. The molecule has 1 aliphatic heterocycles. The number of Topliss-reactive ketones (excluding diaryl/α,β-unsaturated/α-hetero) is 1. The molecule has 8 heteroatoms. The molecule has 1 saturated heterocycles. The lowest BCUT2D eigenvalue weighted by molar-refractivity contribution is -0.945. The molecule has 0 spiro atoms. The number of carbonyl (C=O) groups excluding carboxylic acids is 1. The van der Waals surface area contributed by atoms with Crippen LogP contribution in [-0.2, 0) is 10.0 Å². The van der Waals surface area contributed by atoms with Gasteiger partial charge in [-0.2, -0.15) is 0 Å². The number of hydrogen-bond donors (Lipinski definition) is 1. The number of ketones is 1. The molecule has 1 saturated carbocycles. The van der Waals surface area contributed by atoms with E-state index in [4.69, 9.17) is 9.47 Å². The number of nitrogens with zero attached hydrogens (tertiary/aromatic N) is 1. The number of carbonyl (C=O) groups is 1. The Hall–Kier alpha value is -2.42. The highest BCUT2D eigenvalue weighted by Gasteiger charge is 2.37. The topological polar surface area (TPSA) is 81.7 Å². The molecule has 0 aromatic heterocycles. The summed E-state index contributed by atoms with van der Waals surface area (Å²) in [4.78, 5) is 15.4. The molecule has 1 aliphatic carbocycles. The first kappa shape index (κ1) is 25.7. The van der Waals surface area contributed by atoms with Crippen molar-refractivity contribution in [3.05, 3.63) is 54.1 Å². The SMILES string of the molecule is CCCCOc1ccc(S(=O)(=O)N[N+]2(CCCOc3ccc(C(=O)C4CC4)cc3)CCCC2)cc1. The fourth-order valence-corrected chi connectivity index (χ4v) is 5.90. The van der Waals surface area contributed by atoms with E-state index in [2.05, 4.69) is 11.8 Å². The summed E-state index contributed by atoms with van der Waals surface area (Å²) in [5.41, 5.74) is 0.747. The molecule has 7 nitrogen and oxygen atoms in total. The number of nitrogens with one attached hydrogen (secondary N) is 1. The fraction of sp³-hybridized carbons (Fsp3) is 0.519. The highest BCUT2D eigenvalue weighted by Crippen LogP contribution is 2.33. The quantitative estimate of drug-likeness (QED) is 0.230. The Morgan fingerprint density at radius 2 is 1.49 bits per heavy atom. The van der Waals surface area contributed by atoms with Crippen LogP contribution in [0, 0.1) is 5.92 Å². The van der Waals surface area contributed by atoms with Crippen molar-refractivity contribution in [2.75, 3.05) is 32.8 Å². The number of unbranched alkanes of at least 4 members (excludes halogenated alkanes) is 1. The molecule has 1 heterocycles. The predicted octanol–water partition coefficient (Wildman–Crippen LogP) is 4.73. The van der Waals surface area contributed by atoms with Crippen molar-refractivity contribution in [2.45, 2.75) is 56.8 Å². The van der Waals surface area contributed by atoms with Crippen molar-refractivity contribution in [1.29, 1.82) is 0 Å². The fourth-order valence-electron chi connectivity index (χ4n) is 4.51. The van der Waals surface area contributed by atoms with Crippen LogP contribution in [0.4, 0.5) is 0 Å². The molecule has 190 valence electrons. The van der Waals surface area contributed by atoms with E-state index < -0.39 is 10.0 Å². The Balaban J connectivity index is 1.29. The average molecular weight is 502 g/mol. The van der Waals surface area contributed by atoms with Gasteiger partial charge in [0.15, 0.2) is 5.78 Å². The van der Waals surface area contributed by atoms with E-state index in [-0.39, 0.29) is 16.6 Å². The molecular formula is C27H37N2O5S+. The van der Waals surface area contributed by atoms with E-state index in [1.54, 1.807) is 24.3 Å². The number of rotatable bonds is 14. The van der Waals surface area contributed by atoms with Crippen molar-refractivity contribution < 1.29 is 27.3 Å². The molecule has 1 N–H and O–H groups in total. The van der Waals surface area contributed by atoms with Gasteiger partial charge in [0.2, 0.25) is 0 Å². The maximum Gasteiger partial charge on any atom is 0.282 e. The van der Waals surface area contributed by atoms with Crippen molar-refractivity contribution in [2.24, 2.45) is 5.92 Å². The van der Waals surface area contributed by atoms with Gasteiger partial charge in [-0.1, -0.05) is 18.2 Å². The van der Waals surface area contributed by atoms with E-state index in [1.807, 2.05) is 24.3 Å². The first-order valence-electron chi connectivity index (χ1n) is 12.8. The number of hydrogen-bond acceptors (Lipinski definition) is 5. The first-order valence-corrected chi connectivity index (χ1v) is 14.3. The monoisotopic (exact) mass is 501 g/mol. The molecule has 4 rings (SSSR count). The second-order valence-corrected chi connectivity index (χ2v) is 11.3. The van der Waals surface area contributed by atoms with Gasteiger partial charge in [0.25, 0.3) is 10.0 Å². The zero-order valence-corrected chi connectivity index (χ0v) is 21.4. The Morgan fingerprint density at radius 3 is 2.06 bits per heavy atom. The summed E-state index contributed by atoms with van der Waals surface area (Å²) in [6.45, 7) is 5.43. The maximum absolute atomic E-state index is 13.1. The molecule has 35 heavy (non-hydrogen) atoms. The Morgan fingerprint density at radius 1 is 0.914 bits per heavy atom. The Bertz CT molecular complexity index is 1070. The van der Waals surface area contributed by atoms with Gasteiger partial charge in [-0.15, -0.1) is 0 Å². The van der Waals surface area contributed by atoms with Crippen LogP contribution in [0.5, 0.6) is 11.5 Å². The summed E-state index contributed by atoms with van der Waals surface area (Å²) in [6.07, 6.45) is 6.72. The van der Waals surface area contributed by atoms with E-state index in [0.29, 0.717) is 30.1 Å². The van der Waals surface area contributed by atoms with E-state index in [9.17, 15) is 13.2 Å². The minimum atomic E-state index is -3.65. The third-order valence-electron chi connectivity index (χ3n) is 6.72. The van der Waals surface area contributed by atoms with Crippen LogP contribution in [0.2, 0.25) is 0 Å². The van der Waals surface area contributed by atoms with E-state index in [0.717, 1.165) is 69.3 Å². The summed E-state index contributed by atoms with van der Waals surface area (Å²) < 4.78 is 38.1. The van der Waals surface area contributed by atoms with E-state index >= 15 is 0 Å². The van der Waals surface area contributed by atoms with E-state index in [1.165, 1.54) is 0 Å². The van der Waals surface area contributed by atoms with Crippen molar-refractivity contribution in [1.82, 2.24) is 4.83 Å². The maximum atomic E-state index is 13.1. The Labute approximate surface area is 209 Å². The van der Waals surface area contributed by atoms with Gasteiger partial charge in [-0.25, -0.2) is 13.0 Å². The van der Waals surface area contributed by atoms with Crippen molar-refractivity contribution in [3.8, 4) is 11.5 Å². The van der Waals surface area contributed by atoms with Gasteiger partial charge in [-0.05, 0) is 67.8 Å². The van der Waals surface area contributed by atoms with Crippen LogP contribution in [0.25, 0.3) is 0 Å². The lowest BCUT2D eigenvalue weighted by atomic mass is 10.1. The zero-order valence-electron chi connectivity index (χ0n) is 20.6. The van der Waals surface area contributed by atoms with Crippen molar-refractivity contribution in [3.63, 3.8) is 0 Å². The second kappa shape index (κ2) is 11.5. The third kappa shape index (κ3) is 7.06. The molecule has 2 aromatic carbocycles. The predicted molar refractivity (Wildman–Crippen MR) is 135 cm³/mol. The smallest absolute Gasteiger partial charge is 0.282 e. The molecule has 0 radical (unpaired) electrons. The van der Waals surface area contributed by atoms with Crippen LogP contribution in [0.15, 0.2) is 53.4 Å². The minimum Gasteiger partial charge on any atom is -0.494 e. The summed E-state index contributed by atoms with van der Waals surface area (Å²) in [7, 11) is -3.65. The number of ether oxygens (including phenoxy) is 2. The largest absolute Gasteiger partial charge is 0.494 e. The van der Waals surface area contributed by atoms with Crippen LogP contribution >= 0.6 is 0 Å². The van der Waals surface area contributed by atoms with Crippen LogP contribution < -0.4 is 14.3 Å². The standard InChI is InChI=1S/C27H37N2O5S/c1-2-3-20-33-25-13-15-26(16-14-25)35(31,32)28-29(17-4-5-18-29)19-6-21-34-24-11-9-23(10-12-24)27(30)22-7-8-22/h9-16,22,28H,2-8,17-21H2,1H3/q+1. The molecule has 0 unspecified atom stereocenters. The van der Waals surface area contributed by atoms with Gasteiger partial charge < -0.3 is 9.47 Å². The van der Waals surface area contributed by atoms with Gasteiger partial charge in [0.05, 0.1) is 31.2 Å². The van der Waals surface area contributed by atoms with Gasteiger partial charge in [0.1, 0.15) is 18.0 Å². The van der Waals surface area contributed by atoms with Crippen LogP contribution in [-0.4, -0.2) is 51.6 Å². The van der Waals surface area contributed by atoms with Gasteiger partial charge in [0, 0.05) is 30.7 Å². The number of likely N-dealkylation sites (tertiary alicyclic amines) is 1. The van der Waals surface area contributed by atoms with Gasteiger partial charge in [-0.3, -0.25) is 4.79 Å². The zero-order chi connectivity index (χ0) is 24.7. The van der Waals surface area contributed by atoms with Gasteiger partial charge >= 0.3 is 0 Å². The normalized spacial score (nSPS) is 17.3. The summed E-state index contributed by atoms with van der Waals surface area (Å²) in [5, 5.41) is 0. The van der Waals surface area contributed by atoms with Crippen LogP contribution in [0.1, 0.15) is 62.2 Å². The summed E-state index contributed by atoms with van der Waals surface area (Å²) in [5.74, 6) is 1.85. The molecular weight excluding hydrogens is 464 g/mol. The Kier molecular flexibility index (Phi) is 8.46. The lowest BCUT2D eigenvalue weighted by Gasteiger charge is -2.33.